The zero-order chi connectivity index (χ0) is 5.86. The molecule has 40 valence electrons. The molecule has 0 aliphatic rings. The quantitative estimate of drug-likeness (QED) is 0.348. The van der Waals surface area contributed by atoms with E-state index in [1.165, 1.54) is 4.44 Å². The molecule has 0 fully saturated rings. The Kier molecular flexibility index (Phi) is 3.60. The SMILES string of the molecule is BCC(=O)N(P)P. The minimum atomic E-state index is 0.106. The van der Waals surface area contributed by atoms with Crippen molar-refractivity contribution in [2.24, 2.45) is 0 Å². The predicted molar refractivity (Wildman–Crippen MR) is 39.6 cm³/mol. The van der Waals surface area contributed by atoms with Crippen molar-refractivity contribution in [1.29, 1.82) is 0 Å². The van der Waals surface area contributed by atoms with Crippen LogP contribution in [0.2, 0.25) is 6.32 Å². The van der Waals surface area contributed by atoms with Gasteiger partial charge in [0.05, 0.1) is 0 Å². The highest BCUT2D eigenvalue weighted by molar-refractivity contribution is 7.32. The van der Waals surface area contributed by atoms with Gasteiger partial charge in [-0.15, -0.1) is 0 Å². The van der Waals surface area contributed by atoms with Gasteiger partial charge < -0.3 is 4.44 Å². The van der Waals surface area contributed by atoms with Crippen LogP contribution in [-0.2, 0) is 4.79 Å². The molecule has 1 amide bonds. The molecule has 0 aliphatic carbocycles. The number of hydrogen-bond acceptors (Lipinski definition) is 1. The van der Waals surface area contributed by atoms with Crippen molar-refractivity contribution >= 4 is 32.5 Å². The molecule has 5 heteroatoms. The maximum absolute atomic E-state index is 10.4. The Balaban J connectivity index is 3.35. The standard InChI is InChI=1S/C2H8BNOP2/c3-1-2(5)4(6)7/h1,3,6-7H2. The first-order valence-electron chi connectivity index (χ1n) is 2.00. The van der Waals surface area contributed by atoms with Gasteiger partial charge in [-0.2, -0.15) is 0 Å². The molecule has 0 aromatic carbocycles. The van der Waals surface area contributed by atoms with Crippen molar-refractivity contribution in [2.75, 3.05) is 0 Å². The molecular formula is C2H8BNOP2. The summed E-state index contributed by atoms with van der Waals surface area (Å²) in [5, 5.41) is 0. The van der Waals surface area contributed by atoms with Crippen LogP contribution in [0.5, 0.6) is 0 Å². The Morgan fingerprint density at radius 1 is 1.71 bits per heavy atom. The van der Waals surface area contributed by atoms with E-state index >= 15 is 0 Å². The summed E-state index contributed by atoms with van der Waals surface area (Å²) in [5.74, 6) is 0.106. The average Bonchev–Trinajstić information content (AvgIpc) is 1.65. The molecule has 0 spiro atoms. The topological polar surface area (TPSA) is 20.3 Å². The molecule has 0 radical (unpaired) electrons. The van der Waals surface area contributed by atoms with Crippen molar-refractivity contribution in [3.05, 3.63) is 0 Å². The van der Waals surface area contributed by atoms with Crippen molar-refractivity contribution < 1.29 is 4.79 Å². The fraction of sp³-hybridized carbons (Fsp3) is 0.500. The normalized spacial score (nSPS) is 8.29. The van der Waals surface area contributed by atoms with Crippen LogP contribution in [0.1, 0.15) is 0 Å². The third-order valence-electron chi connectivity index (χ3n) is 0.590. The summed E-state index contributed by atoms with van der Waals surface area (Å²) in [6.45, 7) is 0. The van der Waals surface area contributed by atoms with E-state index < -0.39 is 0 Å². The zero-order valence-electron chi connectivity index (χ0n) is 4.22. The van der Waals surface area contributed by atoms with Crippen LogP contribution in [-0.4, -0.2) is 18.2 Å². The van der Waals surface area contributed by atoms with Crippen molar-refractivity contribution in [1.82, 2.24) is 4.44 Å². The lowest BCUT2D eigenvalue weighted by molar-refractivity contribution is -0.120. The first-order chi connectivity index (χ1) is 3.18. The first-order valence-corrected chi connectivity index (χ1v) is 3.04. The molecule has 0 rings (SSSR count). The van der Waals surface area contributed by atoms with Gasteiger partial charge in [0.15, 0.2) is 0 Å². The van der Waals surface area contributed by atoms with Gasteiger partial charge in [0.2, 0.25) is 5.91 Å². The summed E-state index contributed by atoms with van der Waals surface area (Å²) in [6.07, 6.45) is 0.562. The maximum Gasteiger partial charge on any atom is 0.220 e. The number of hydrogen-bond donors (Lipinski definition) is 0. The number of carbonyl (C=O) groups is 1. The fourth-order valence-corrected chi connectivity index (χ4v) is 0.548. The number of nitrogens with zero attached hydrogens (tertiary/aromatic N) is 1. The summed E-state index contributed by atoms with van der Waals surface area (Å²) in [5.41, 5.74) is 0. The lowest BCUT2D eigenvalue weighted by atomic mass is 10.1. The average molecular weight is 135 g/mol. The predicted octanol–water partition coefficient (Wildman–Crippen LogP) is -0.553. The summed E-state index contributed by atoms with van der Waals surface area (Å²) < 4.78 is 1.42. The summed E-state index contributed by atoms with van der Waals surface area (Å²) in [7, 11) is 6.35. The molecule has 2 unspecified atom stereocenters. The molecule has 0 saturated carbocycles. The minimum absolute atomic E-state index is 0.106. The largest absolute Gasteiger partial charge is 0.313 e. The monoisotopic (exact) mass is 135 g/mol. The number of rotatable bonds is 1. The third-order valence-corrected chi connectivity index (χ3v) is 1.17. The lowest BCUT2D eigenvalue weighted by Crippen LogP contribution is -2.07. The van der Waals surface area contributed by atoms with Gasteiger partial charge in [0.1, 0.15) is 7.85 Å². The second-order valence-electron chi connectivity index (χ2n) is 1.15. The van der Waals surface area contributed by atoms with Crippen molar-refractivity contribution in [3.63, 3.8) is 0 Å². The van der Waals surface area contributed by atoms with E-state index in [4.69, 9.17) is 0 Å². The van der Waals surface area contributed by atoms with E-state index in [0.29, 0.717) is 6.32 Å². The maximum atomic E-state index is 10.4. The smallest absolute Gasteiger partial charge is 0.220 e. The van der Waals surface area contributed by atoms with E-state index in [1.807, 2.05) is 7.85 Å². The molecule has 0 saturated heterocycles. The molecule has 0 bridgehead atoms. The molecule has 0 aromatic rings. The molecule has 0 heterocycles. The highest BCUT2D eigenvalue weighted by Crippen LogP contribution is 2.06. The van der Waals surface area contributed by atoms with Crippen LogP contribution in [0.3, 0.4) is 0 Å². The van der Waals surface area contributed by atoms with Crippen LogP contribution in [0.25, 0.3) is 0 Å². The van der Waals surface area contributed by atoms with E-state index in [0.717, 1.165) is 0 Å². The van der Waals surface area contributed by atoms with Gasteiger partial charge in [0.25, 0.3) is 0 Å². The van der Waals surface area contributed by atoms with E-state index in [1.54, 1.807) is 0 Å². The highest BCUT2D eigenvalue weighted by Gasteiger charge is 1.95. The van der Waals surface area contributed by atoms with Crippen LogP contribution < -0.4 is 0 Å². The molecule has 2 nitrogen and oxygen atoms in total. The molecule has 0 aromatic heterocycles. The molecule has 7 heavy (non-hydrogen) atoms. The summed E-state index contributed by atoms with van der Waals surface area (Å²) >= 11 is 0. The summed E-state index contributed by atoms with van der Waals surface area (Å²) in [4.78, 5) is 10.4. The molecular weight excluding hydrogens is 127 g/mol. The van der Waals surface area contributed by atoms with Crippen molar-refractivity contribution in [3.8, 4) is 0 Å². The Morgan fingerprint density at radius 3 is 2.14 bits per heavy atom. The Morgan fingerprint density at radius 2 is 2.14 bits per heavy atom. The Hall–Kier alpha value is 0.395. The Labute approximate surface area is 48.9 Å². The summed E-state index contributed by atoms with van der Waals surface area (Å²) in [6, 6.07) is 0. The molecule has 0 aliphatic heterocycles. The second kappa shape index (κ2) is 3.40. The minimum Gasteiger partial charge on any atom is -0.313 e. The number of carbonyl (C=O) groups excluding carboxylic acids is 1. The van der Waals surface area contributed by atoms with Crippen LogP contribution in [0, 0.1) is 0 Å². The first kappa shape index (κ1) is 7.39. The fourth-order valence-electron chi connectivity index (χ4n) is 0.183. The third kappa shape index (κ3) is 3.02. The highest BCUT2D eigenvalue weighted by atomic mass is 31.1. The van der Waals surface area contributed by atoms with Gasteiger partial charge in [-0.25, -0.2) is 0 Å². The second-order valence-corrected chi connectivity index (χ2v) is 2.86. The van der Waals surface area contributed by atoms with Crippen molar-refractivity contribution in [2.45, 2.75) is 6.32 Å². The zero-order valence-corrected chi connectivity index (χ0v) is 6.53. The Bertz CT molecular complexity index is 76.1. The number of amides is 1. The van der Waals surface area contributed by atoms with E-state index in [-0.39, 0.29) is 5.91 Å². The van der Waals surface area contributed by atoms with Crippen LogP contribution >= 0.6 is 18.8 Å². The van der Waals surface area contributed by atoms with E-state index in [9.17, 15) is 4.79 Å². The van der Waals surface area contributed by atoms with E-state index in [2.05, 4.69) is 18.8 Å². The molecule has 2 atom stereocenters. The van der Waals surface area contributed by atoms with Gasteiger partial charge in [-0.1, -0.05) is 0 Å². The van der Waals surface area contributed by atoms with Crippen LogP contribution in [0.15, 0.2) is 0 Å². The molecule has 0 N–H and O–H groups in total. The van der Waals surface area contributed by atoms with Gasteiger partial charge in [-0.05, 0) is 25.1 Å². The van der Waals surface area contributed by atoms with Gasteiger partial charge in [0, 0.05) is 0 Å². The van der Waals surface area contributed by atoms with Gasteiger partial charge in [-0.3, -0.25) is 4.79 Å². The lowest BCUT2D eigenvalue weighted by Gasteiger charge is -2.05. The van der Waals surface area contributed by atoms with Gasteiger partial charge >= 0.3 is 0 Å². The van der Waals surface area contributed by atoms with Crippen LogP contribution in [0.4, 0.5) is 0 Å².